The van der Waals surface area contributed by atoms with Crippen LogP contribution in [-0.2, 0) is 6.18 Å². The molecule has 0 amide bonds. The van der Waals surface area contributed by atoms with Gasteiger partial charge in [-0.2, -0.15) is 22.6 Å². The van der Waals surface area contributed by atoms with Gasteiger partial charge in [-0.3, -0.25) is 0 Å². The van der Waals surface area contributed by atoms with Crippen LogP contribution in [0.1, 0.15) is 5.56 Å². The number of benzene rings is 1. The normalized spacial score (nSPS) is 11.6. The average molecular weight is 422 g/mol. The second-order valence-electron chi connectivity index (χ2n) is 5.61. The third kappa shape index (κ3) is 3.82. The Morgan fingerprint density at radius 3 is 2.34 bits per heavy atom. The summed E-state index contributed by atoms with van der Waals surface area (Å²) in [4.78, 5) is 18.8. The van der Waals surface area contributed by atoms with Gasteiger partial charge in [0.15, 0.2) is 0 Å². The largest absolute Gasteiger partial charge is 0.439 e. The van der Waals surface area contributed by atoms with Crippen LogP contribution in [0.15, 0.2) is 54.2 Å². The summed E-state index contributed by atoms with van der Waals surface area (Å²) in [5.41, 5.74) is -0.879. The van der Waals surface area contributed by atoms with Crippen LogP contribution in [-0.4, -0.2) is 19.3 Å². The topological polar surface area (TPSA) is 91.8 Å². The summed E-state index contributed by atoms with van der Waals surface area (Å²) in [6.07, 6.45) is -2.28. The molecule has 3 heterocycles. The van der Waals surface area contributed by atoms with Gasteiger partial charge in [-0.15, -0.1) is 0 Å². The van der Waals surface area contributed by atoms with Crippen LogP contribution in [0, 0.1) is 10.1 Å². The molecule has 12 heteroatoms. The molecule has 0 bridgehead atoms. The first-order valence-electron chi connectivity index (χ1n) is 7.90. The molecule has 0 aliphatic rings. The molecule has 1 aromatic carbocycles. The number of pyridine rings is 1. The van der Waals surface area contributed by atoms with E-state index in [-0.39, 0.29) is 23.3 Å². The van der Waals surface area contributed by atoms with Crippen molar-refractivity contribution in [3.63, 3.8) is 0 Å². The smallest absolute Gasteiger partial charge is 0.417 e. The Hall–Kier alpha value is -3.67. The lowest BCUT2D eigenvalue weighted by Gasteiger charge is -2.08. The molecule has 4 aromatic rings. The number of hydrogen-bond acceptors (Lipinski definition) is 7. The highest BCUT2D eigenvalue weighted by Crippen LogP contribution is 2.34. The zero-order chi connectivity index (χ0) is 20.6. The maximum absolute atomic E-state index is 12.6. The van der Waals surface area contributed by atoms with Gasteiger partial charge in [0.1, 0.15) is 17.7 Å². The molecule has 0 fully saturated rings. The summed E-state index contributed by atoms with van der Waals surface area (Å²) in [5, 5.41) is 13.0. The summed E-state index contributed by atoms with van der Waals surface area (Å²) >= 11 is 1.23. The quantitative estimate of drug-likeness (QED) is 0.320. The number of hydrogen-bond donors (Lipinski definition) is 0. The first kappa shape index (κ1) is 18.7. The molecule has 0 saturated heterocycles. The standard InChI is InChI=1S/C17H9F3N4O4S/c18-17(19,20)10-1-6-13(21-9-10)27-11-2-4-12(5-3-11)28-14-15(24(25)26)23-7-8-29-16(23)22-14/h1-9H. The molecule has 0 saturated carbocycles. The van der Waals surface area contributed by atoms with Gasteiger partial charge in [-0.1, -0.05) is 11.3 Å². The van der Waals surface area contributed by atoms with Crippen molar-refractivity contribution in [3.8, 4) is 23.3 Å². The predicted molar refractivity (Wildman–Crippen MR) is 95.6 cm³/mol. The number of rotatable bonds is 5. The van der Waals surface area contributed by atoms with Crippen molar-refractivity contribution >= 4 is 22.1 Å². The monoisotopic (exact) mass is 422 g/mol. The molecule has 0 aliphatic carbocycles. The molecule has 8 nitrogen and oxygen atoms in total. The lowest BCUT2D eigenvalue weighted by molar-refractivity contribution is -0.391. The van der Waals surface area contributed by atoms with Gasteiger partial charge in [0.25, 0.3) is 4.96 Å². The minimum atomic E-state index is -4.48. The summed E-state index contributed by atoms with van der Waals surface area (Å²) in [6.45, 7) is 0. The van der Waals surface area contributed by atoms with Crippen LogP contribution in [0.4, 0.5) is 19.0 Å². The highest BCUT2D eigenvalue weighted by atomic mass is 32.1. The molecule has 148 valence electrons. The fourth-order valence-electron chi connectivity index (χ4n) is 2.40. The third-order valence-corrected chi connectivity index (χ3v) is 4.46. The van der Waals surface area contributed by atoms with Gasteiger partial charge < -0.3 is 19.6 Å². The Balaban J connectivity index is 1.49. The second kappa shape index (κ2) is 7.05. The van der Waals surface area contributed by atoms with Crippen molar-refractivity contribution in [2.24, 2.45) is 0 Å². The van der Waals surface area contributed by atoms with Gasteiger partial charge in [-0.25, -0.2) is 4.98 Å². The van der Waals surface area contributed by atoms with Crippen molar-refractivity contribution in [2.75, 3.05) is 0 Å². The van der Waals surface area contributed by atoms with Crippen LogP contribution in [0.25, 0.3) is 4.96 Å². The molecular formula is C17H9F3N4O4S. The van der Waals surface area contributed by atoms with Gasteiger partial charge in [0.05, 0.1) is 5.56 Å². The van der Waals surface area contributed by atoms with Crippen molar-refractivity contribution < 1.29 is 27.6 Å². The van der Waals surface area contributed by atoms with E-state index in [2.05, 4.69) is 9.97 Å². The summed E-state index contributed by atoms with van der Waals surface area (Å²) < 4.78 is 49.9. The van der Waals surface area contributed by atoms with E-state index in [9.17, 15) is 23.3 Å². The number of alkyl halides is 3. The highest BCUT2D eigenvalue weighted by Gasteiger charge is 2.30. The van der Waals surface area contributed by atoms with E-state index in [0.29, 0.717) is 16.9 Å². The summed E-state index contributed by atoms with van der Waals surface area (Å²) in [7, 11) is 0. The van der Waals surface area contributed by atoms with Crippen LogP contribution in [0.5, 0.6) is 23.3 Å². The van der Waals surface area contributed by atoms with E-state index in [4.69, 9.17) is 9.47 Å². The van der Waals surface area contributed by atoms with Gasteiger partial charge in [0.2, 0.25) is 5.88 Å². The maximum Gasteiger partial charge on any atom is 0.417 e. The number of fused-ring (bicyclic) bond motifs is 1. The Bertz CT molecular complexity index is 1170. The van der Waals surface area contributed by atoms with E-state index in [0.717, 1.165) is 12.1 Å². The number of nitrogens with zero attached hydrogens (tertiary/aromatic N) is 4. The van der Waals surface area contributed by atoms with E-state index in [1.807, 2.05) is 0 Å². The first-order chi connectivity index (χ1) is 13.8. The minimum absolute atomic E-state index is 0.0170. The third-order valence-electron chi connectivity index (χ3n) is 3.70. The SMILES string of the molecule is O=[N+]([O-])c1c(Oc2ccc(Oc3ccc(C(F)(F)F)cn3)cc2)nc2sccn12. The van der Waals surface area contributed by atoms with Crippen molar-refractivity contribution in [1.82, 2.24) is 14.4 Å². The fourth-order valence-corrected chi connectivity index (χ4v) is 3.11. The Morgan fingerprint density at radius 2 is 1.76 bits per heavy atom. The van der Waals surface area contributed by atoms with E-state index >= 15 is 0 Å². The Kier molecular flexibility index (Phi) is 4.54. The first-order valence-corrected chi connectivity index (χ1v) is 8.78. The molecule has 4 rings (SSSR count). The van der Waals surface area contributed by atoms with Crippen LogP contribution in [0.2, 0.25) is 0 Å². The molecule has 29 heavy (non-hydrogen) atoms. The fraction of sp³-hybridized carbons (Fsp3) is 0.0588. The molecule has 0 radical (unpaired) electrons. The number of ether oxygens (including phenoxy) is 2. The van der Waals surface area contributed by atoms with Crippen molar-refractivity contribution in [1.29, 1.82) is 0 Å². The molecular weight excluding hydrogens is 413 g/mol. The van der Waals surface area contributed by atoms with E-state index in [1.54, 1.807) is 5.38 Å². The number of imidazole rings is 1. The molecule has 0 unspecified atom stereocenters. The van der Waals surface area contributed by atoms with Crippen molar-refractivity contribution in [2.45, 2.75) is 6.18 Å². The van der Waals surface area contributed by atoms with Crippen molar-refractivity contribution in [3.05, 3.63) is 69.8 Å². The van der Waals surface area contributed by atoms with Crippen LogP contribution in [0.3, 0.4) is 0 Å². The molecule has 3 aromatic heterocycles. The lowest BCUT2D eigenvalue weighted by atomic mass is 10.3. The molecule has 0 spiro atoms. The number of thiazole rings is 1. The lowest BCUT2D eigenvalue weighted by Crippen LogP contribution is -2.05. The number of aromatic nitrogens is 3. The maximum atomic E-state index is 12.6. The molecule has 0 aliphatic heterocycles. The summed E-state index contributed by atoms with van der Waals surface area (Å²) in [6, 6.07) is 7.91. The second-order valence-corrected chi connectivity index (χ2v) is 6.48. The van der Waals surface area contributed by atoms with Gasteiger partial charge in [0, 0.05) is 17.6 Å². The Labute approximate surface area is 163 Å². The Morgan fingerprint density at radius 1 is 1.07 bits per heavy atom. The van der Waals surface area contributed by atoms with E-state index < -0.39 is 16.7 Å². The van der Waals surface area contributed by atoms with Crippen LogP contribution < -0.4 is 9.47 Å². The minimum Gasteiger partial charge on any atom is -0.439 e. The number of halogens is 3. The zero-order valence-corrected chi connectivity index (χ0v) is 15.0. The van der Waals surface area contributed by atoms with Gasteiger partial charge in [-0.05, 0) is 35.3 Å². The number of nitro groups is 1. The highest BCUT2D eigenvalue weighted by molar-refractivity contribution is 7.15. The predicted octanol–water partition coefficient (Wildman–Crippen LogP) is 5.30. The molecule has 0 atom stereocenters. The van der Waals surface area contributed by atoms with E-state index in [1.165, 1.54) is 46.2 Å². The molecule has 0 N–H and O–H groups in total. The zero-order valence-electron chi connectivity index (χ0n) is 14.2. The van der Waals surface area contributed by atoms with Gasteiger partial charge >= 0.3 is 17.9 Å². The van der Waals surface area contributed by atoms with Crippen LogP contribution >= 0.6 is 11.3 Å². The summed E-state index contributed by atoms with van der Waals surface area (Å²) in [5.74, 6) is 0.101. The average Bonchev–Trinajstić information content (AvgIpc) is 3.23.